The molecule has 0 atom stereocenters. The van der Waals surface area contributed by atoms with Gasteiger partial charge in [-0.05, 0) is 55.0 Å². The van der Waals surface area contributed by atoms with E-state index in [0.29, 0.717) is 23.1 Å². The van der Waals surface area contributed by atoms with Crippen LogP contribution in [0.2, 0.25) is 5.02 Å². The minimum Gasteiger partial charge on any atom is -0.315 e. The van der Waals surface area contributed by atoms with Gasteiger partial charge in [-0.25, -0.2) is 9.48 Å². The lowest BCUT2D eigenvalue weighted by Gasteiger charge is -2.22. The Morgan fingerprint density at radius 2 is 1.71 bits per heavy atom. The van der Waals surface area contributed by atoms with Crippen molar-refractivity contribution in [3.63, 3.8) is 0 Å². The van der Waals surface area contributed by atoms with E-state index in [0.717, 1.165) is 22.3 Å². The molecule has 0 aliphatic rings. The molecule has 1 heterocycles. The van der Waals surface area contributed by atoms with Gasteiger partial charge in [0, 0.05) is 33.2 Å². The molecule has 9 heteroatoms. The van der Waals surface area contributed by atoms with E-state index in [4.69, 9.17) is 16.7 Å². The second kappa shape index (κ2) is 11.1. The number of nitrogens with one attached hydrogen (secondary N) is 2. The number of hydrogen-bond acceptors (Lipinski definition) is 3. The highest BCUT2D eigenvalue weighted by Crippen LogP contribution is 2.27. The highest BCUT2D eigenvalue weighted by Gasteiger charge is 2.23. The minimum absolute atomic E-state index is 0.0904. The maximum absolute atomic E-state index is 13.0. The van der Waals surface area contributed by atoms with Crippen LogP contribution in [-0.2, 0) is 10.2 Å². The third kappa shape index (κ3) is 6.84. The summed E-state index contributed by atoms with van der Waals surface area (Å²) in [4.78, 5) is 27.3. The van der Waals surface area contributed by atoms with Crippen molar-refractivity contribution >= 4 is 51.0 Å². The smallest absolute Gasteiger partial charge is 0.315 e. The molecule has 3 aromatic rings. The first-order valence-electron chi connectivity index (χ1n) is 11.0. The molecule has 7 nitrogen and oxygen atoms in total. The largest absolute Gasteiger partial charge is 0.322 e. The molecule has 3 amide bonds. The van der Waals surface area contributed by atoms with Crippen molar-refractivity contribution in [2.24, 2.45) is 0 Å². The summed E-state index contributed by atoms with van der Waals surface area (Å²) in [6, 6.07) is 16.0. The topological polar surface area (TPSA) is 79.3 Å². The number of benzene rings is 2. The first-order valence-corrected chi connectivity index (χ1v) is 12.2. The van der Waals surface area contributed by atoms with E-state index in [-0.39, 0.29) is 23.9 Å². The fraction of sp³-hybridized carbons (Fsp3) is 0.320. The van der Waals surface area contributed by atoms with E-state index >= 15 is 0 Å². The van der Waals surface area contributed by atoms with Gasteiger partial charge in [-0.1, -0.05) is 55.2 Å². The van der Waals surface area contributed by atoms with Crippen LogP contribution in [0.3, 0.4) is 0 Å². The van der Waals surface area contributed by atoms with Crippen LogP contribution in [0.5, 0.6) is 0 Å². The Balaban J connectivity index is 1.78. The molecular formula is C25H29BrClN5O2. The summed E-state index contributed by atoms with van der Waals surface area (Å²) in [5.74, 6) is 0.219. The molecule has 2 aromatic carbocycles. The third-order valence-electron chi connectivity index (χ3n) is 5.03. The average Bonchev–Trinajstić information content (AvgIpc) is 3.19. The fourth-order valence-electron chi connectivity index (χ4n) is 3.23. The number of hydrogen-bond donors (Lipinski definition) is 2. The Hall–Kier alpha value is -2.84. The van der Waals surface area contributed by atoms with Crippen LogP contribution in [-0.4, -0.2) is 39.7 Å². The zero-order valence-corrected chi connectivity index (χ0v) is 22.1. The normalized spacial score (nSPS) is 11.2. The van der Waals surface area contributed by atoms with Gasteiger partial charge in [0.25, 0.3) is 0 Å². The number of nitrogens with zero attached hydrogens (tertiary/aromatic N) is 3. The molecule has 0 spiro atoms. The van der Waals surface area contributed by atoms with Crippen LogP contribution in [0.4, 0.5) is 16.3 Å². The number of carbonyl (C=O) groups excluding carboxylic acids is 2. The molecule has 0 saturated carbocycles. The molecule has 3 rings (SSSR count). The zero-order valence-electron chi connectivity index (χ0n) is 19.7. The molecule has 34 heavy (non-hydrogen) atoms. The summed E-state index contributed by atoms with van der Waals surface area (Å²) in [7, 11) is 0. The molecule has 0 aliphatic carbocycles. The van der Waals surface area contributed by atoms with E-state index in [1.54, 1.807) is 28.9 Å². The number of anilines is 2. The summed E-state index contributed by atoms with van der Waals surface area (Å²) in [5, 5.41) is 11.1. The Morgan fingerprint density at radius 3 is 2.29 bits per heavy atom. The summed E-state index contributed by atoms with van der Waals surface area (Å²) in [6.45, 7) is 8.49. The Bertz CT molecular complexity index is 1140. The van der Waals surface area contributed by atoms with Gasteiger partial charge in [-0.3, -0.25) is 4.79 Å². The first-order chi connectivity index (χ1) is 16.1. The Labute approximate surface area is 213 Å². The van der Waals surface area contributed by atoms with Gasteiger partial charge in [-0.15, -0.1) is 0 Å². The minimum atomic E-state index is -0.332. The third-order valence-corrected chi connectivity index (χ3v) is 5.81. The molecule has 0 radical (unpaired) electrons. The van der Waals surface area contributed by atoms with Gasteiger partial charge < -0.3 is 15.5 Å². The lowest BCUT2D eigenvalue weighted by molar-refractivity contribution is -0.116. The van der Waals surface area contributed by atoms with E-state index in [9.17, 15) is 9.59 Å². The fourth-order valence-corrected chi connectivity index (χ4v) is 3.62. The number of amides is 3. The van der Waals surface area contributed by atoms with Crippen LogP contribution in [0.15, 0.2) is 59.1 Å². The van der Waals surface area contributed by atoms with Crippen molar-refractivity contribution in [2.45, 2.75) is 39.5 Å². The van der Waals surface area contributed by atoms with E-state index < -0.39 is 0 Å². The molecule has 0 saturated heterocycles. The highest BCUT2D eigenvalue weighted by molar-refractivity contribution is 9.10. The lowest BCUT2D eigenvalue weighted by Crippen LogP contribution is -2.41. The predicted octanol–water partition coefficient (Wildman–Crippen LogP) is 6.47. The molecular weight excluding hydrogens is 518 g/mol. The second-order valence-corrected chi connectivity index (χ2v) is 10.3. The van der Waals surface area contributed by atoms with Gasteiger partial charge >= 0.3 is 6.03 Å². The number of aromatic nitrogens is 2. The Morgan fingerprint density at radius 1 is 1.06 bits per heavy atom. The van der Waals surface area contributed by atoms with Crippen molar-refractivity contribution in [3.05, 3.63) is 69.8 Å². The van der Waals surface area contributed by atoms with Crippen molar-refractivity contribution in [2.75, 3.05) is 23.7 Å². The van der Waals surface area contributed by atoms with Gasteiger partial charge in [0.05, 0.1) is 11.4 Å². The molecule has 1 aromatic heterocycles. The monoisotopic (exact) mass is 545 g/mol. The van der Waals surface area contributed by atoms with Crippen LogP contribution in [0, 0.1) is 0 Å². The Kier molecular flexibility index (Phi) is 8.38. The molecule has 2 N–H and O–H groups in total. The van der Waals surface area contributed by atoms with Gasteiger partial charge in [-0.2, -0.15) is 5.10 Å². The van der Waals surface area contributed by atoms with Crippen LogP contribution in [0.25, 0.3) is 5.69 Å². The number of carbonyl (C=O) groups is 2. The van der Waals surface area contributed by atoms with E-state index in [1.807, 2.05) is 37.3 Å². The van der Waals surface area contributed by atoms with Crippen LogP contribution in [0.1, 0.15) is 39.8 Å². The molecule has 0 fully saturated rings. The molecule has 180 valence electrons. The van der Waals surface area contributed by atoms with Crippen molar-refractivity contribution in [1.29, 1.82) is 0 Å². The predicted molar refractivity (Wildman–Crippen MR) is 141 cm³/mol. The summed E-state index contributed by atoms with van der Waals surface area (Å²) in [6.07, 6.45) is 0.720. The summed E-state index contributed by atoms with van der Waals surface area (Å²) < 4.78 is 2.60. The summed E-state index contributed by atoms with van der Waals surface area (Å²) in [5.41, 5.74) is 2.05. The summed E-state index contributed by atoms with van der Waals surface area (Å²) >= 11 is 9.42. The second-order valence-electron chi connectivity index (χ2n) is 8.96. The quantitative estimate of drug-likeness (QED) is 0.356. The lowest BCUT2D eigenvalue weighted by atomic mass is 9.92. The SMILES string of the molecule is CCCN(CC(=O)Nc1cc(C(C)(C)C)nn1-c1ccc(Cl)cc1)C(=O)Nc1ccc(Br)cc1. The number of rotatable bonds is 7. The maximum atomic E-state index is 13.0. The van der Waals surface area contributed by atoms with E-state index in [1.165, 1.54) is 4.90 Å². The molecule has 0 bridgehead atoms. The number of urea groups is 1. The van der Waals surface area contributed by atoms with Gasteiger partial charge in [0.1, 0.15) is 12.4 Å². The van der Waals surface area contributed by atoms with Crippen molar-refractivity contribution in [3.8, 4) is 5.69 Å². The molecule has 0 aliphatic heterocycles. The van der Waals surface area contributed by atoms with Crippen LogP contribution >= 0.6 is 27.5 Å². The molecule has 0 unspecified atom stereocenters. The van der Waals surface area contributed by atoms with E-state index in [2.05, 4.69) is 47.3 Å². The standard InChI is InChI=1S/C25H29BrClN5O2/c1-5-14-31(24(34)28-19-10-6-17(26)7-11-19)16-23(33)29-22-15-21(25(2,3)4)30-32(22)20-12-8-18(27)9-13-20/h6-13,15H,5,14,16H2,1-4H3,(H,28,34)(H,29,33). The van der Waals surface area contributed by atoms with Crippen LogP contribution < -0.4 is 10.6 Å². The number of halogens is 2. The average molecular weight is 547 g/mol. The zero-order chi connectivity index (χ0) is 24.9. The van der Waals surface area contributed by atoms with Gasteiger partial charge in [0.2, 0.25) is 5.91 Å². The highest BCUT2D eigenvalue weighted by atomic mass is 79.9. The van der Waals surface area contributed by atoms with Crippen molar-refractivity contribution in [1.82, 2.24) is 14.7 Å². The first kappa shape index (κ1) is 25.8. The van der Waals surface area contributed by atoms with Crippen molar-refractivity contribution < 1.29 is 9.59 Å². The maximum Gasteiger partial charge on any atom is 0.322 e. The van der Waals surface area contributed by atoms with Gasteiger partial charge in [0.15, 0.2) is 0 Å².